The molecule has 2 aromatic rings. The Morgan fingerprint density at radius 1 is 1.50 bits per heavy atom. The van der Waals surface area contributed by atoms with Crippen LogP contribution in [0.15, 0.2) is 24.4 Å². The highest BCUT2D eigenvalue weighted by Gasteiger charge is 2.27. The van der Waals surface area contributed by atoms with E-state index in [2.05, 4.69) is 9.97 Å². The Bertz CT molecular complexity index is 700. The lowest BCUT2D eigenvalue weighted by molar-refractivity contribution is 0.0704. The van der Waals surface area contributed by atoms with Crippen molar-refractivity contribution >= 4 is 17.5 Å². The maximum atomic E-state index is 13.2. The Labute approximate surface area is 133 Å². The minimum absolute atomic E-state index is 0.0268. The average Bonchev–Trinajstić information content (AvgIpc) is 2.96. The van der Waals surface area contributed by atoms with Crippen molar-refractivity contribution < 1.29 is 9.18 Å². The molecule has 1 aromatic carbocycles. The fourth-order valence-corrected chi connectivity index (χ4v) is 3.02. The summed E-state index contributed by atoms with van der Waals surface area (Å²) in [5, 5.41) is -0.0268. The number of amides is 1. The van der Waals surface area contributed by atoms with E-state index in [4.69, 9.17) is 11.6 Å². The number of aryl methyl sites for hydroxylation is 1. The van der Waals surface area contributed by atoms with Gasteiger partial charge in [-0.15, -0.1) is 0 Å². The molecule has 0 spiro atoms. The van der Waals surface area contributed by atoms with E-state index in [0.717, 1.165) is 24.4 Å². The second-order valence-electron chi connectivity index (χ2n) is 5.67. The maximum Gasteiger partial charge on any atom is 0.253 e. The first-order valence-corrected chi connectivity index (χ1v) is 7.68. The number of carbonyl (C=O) groups excluding carboxylic acids is 1. The number of hydrogen-bond acceptors (Lipinski definition) is 2. The molecule has 1 amide bonds. The third kappa shape index (κ3) is 2.99. The van der Waals surface area contributed by atoms with Crippen LogP contribution in [0.25, 0.3) is 0 Å². The van der Waals surface area contributed by atoms with E-state index in [1.165, 1.54) is 18.2 Å². The van der Waals surface area contributed by atoms with Gasteiger partial charge in [-0.25, -0.2) is 9.37 Å². The van der Waals surface area contributed by atoms with Gasteiger partial charge in [-0.1, -0.05) is 11.6 Å². The van der Waals surface area contributed by atoms with Crippen molar-refractivity contribution in [2.24, 2.45) is 0 Å². The molecule has 1 aliphatic rings. The molecule has 0 radical (unpaired) electrons. The van der Waals surface area contributed by atoms with Crippen LogP contribution in [-0.2, 0) is 0 Å². The van der Waals surface area contributed by atoms with Gasteiger partial charge in [-0.05, 0) is 38.0 Å². The summed E-state index contributed by atoms with van der Waals surface area (Å²) in [6, 6.07) is 4.09. The zero-order chi connectivity index (χ0) is 15.7. The number of aromatic nitrogens is 2. The van der Waals surface area contributed by atoms with Crippen LogP contribution in [-0.4, -0.2) is 33.9 Å². The maximum absolute atomic E-state index is 13.2. The number of nitrogens with one attached hydrogen (secondary N) is 1. The molecule has 0 bridgehead atoms. The number of benzene rings is 1. The van der Waals surface area contributed by atoms with Crippen molar-refractivity contribution in [1.82, 2.24) is 14.9 Å². The first-order valence-electron chi connectivity index (χ1n) is 7.30. The van der Waals surface area contributed by atoms with Gasteiger partial charge in [-0.3, -0.25) is 4.79 Å². The molecule has 1 aliphatic heterocycles. The second kappa shape index (κ2) is 6.08. The van der Waals surface area contributed by atoms with Crippen molar-refractivity contribution in [3.05, 3.63) is 52.3 Å². The SMILES string of the molecule is Cc1cnc(C2CCCN(C(=O)c3ccc(F)c(Cl)c3)C2)[nH]1. The number of piperidine rings is 1. The largest absolute Gasteiger partial charge is 0.346 e. The zero-order valence-corrected chi connectivity index (χ0v) is 13.0. The summed E-state index contributed by atoms with van der Waals surface area (Å²) in [7, 11) is 0. The topological polar surface area (TPSA) is 49.0 Å². The number of halogens is 2. The van der Waals surface area contributed by atoms with Crippen LogP contribution in [0, 0.1) is 12.7 Å². The molecular weight excluding hydrogens is 305 g/mol. The molecule has 1 saturated heterocycles. The summed E-state index contributed by atoms with van der Waals surface area (Å²) in [6.45, 7) is 3.27. The van der Waals surface area contributed by atoms with E-state index in [1.54, 1.807) is 11.1 Å². The van der Waals surface area contributed by atoms with Crippen LogP contribution in [0.5, 0.6) is 0 Å². The molecule has 3 rings (SSSR count). The lowest BCUT2D eigenvalue weighted by Gasteiger charge is -2.32. The predicted octanol–water partition coefficient (Wildman–Crippen LogP) is 3.53. The van der Waals surface area contributed by atoms with Crippen molar-refractivity contribution in [1.29, 1.82) is 0 Å². The fraction of sp³-hybridized carbons (Fsp3) is 0.375. The molecule has 0 aliphatic carbocycles. The summed E-state index contributed by atoms with van der Waals surface area (Å²) in [5.41, 5.74) is 1.44. The number of rotatable bonds is 2. The number of aromatic amines is 1. The molecule has 1 atom stereocenters. The van der Waals surface area contributed by atoms with Crippen LogP contribution in [0.1, 0.15) is 40.6 Å². The summed E-state index contributed by atoms with van der Waals surface area (Å²) in [5.74, 6) is 0.505. The quantitative estimate of drug-likeness (QED) is 0.920. The lowest BCUT2D eigenvalue weighted by Crippen LogP contribution is -2.39. The van der Waals surface area contributed by atoms with Crippen molar-refractivity contribution in [3.63, 3.8) is 0 Å². The van der Waals surface area contributed by atoms with E-state index >= 15 is 0 Å². The Balaban J connectivity index is 1.76. The number of nitrogens with zero attached hydrogens (tertiary/aromatic N) is 2. The fourth-order valence-electron chi connectivity index (χ4n) is 2.84. The number of imidazole rings is 1. The highest BCUT2D eigenvalue weighted by molar-refractivity contribution is 6.31. The Morgan fingerprint density at radius 3 is 3.00 bits per heavy atom. The Kier molecular flexibility index (Phi) is 4.16. The van der Waals surface area contributed by atoms with Gasteiger partial charge in [0.25, 0.3) is 5.91 Å². The molecule has 116 valence electrons. The van der Waals surface area contributed by atoms with Gasteiger partial charge in [0, 0.05) is 36.5 Å². The smallest absolute Gasteiger partial charge is 0.253 e. The van der Waals surface area contributed by atoms with Crippen LogP contribution in [0.4, 0.5) is 4.39 Å². The van der Waals surface area contributed by atoms with Gasteiger partial charge in [0.2, 0.25) is 0 Å². The van der Waals surface area contributed by atoms with Crippen LogP contribution in [0.3, 0.4) is 0 Å². The number of hydrogen-bond donors (Lipinski definition) is 1. The van der Waals surface area contributed by atoms with E-state index in [9.17, 15) is 9.18 Å². The molecule has 1 N–H and O–H groups in total. The first kappa shape index (κ1) is 15.0. The number of H-pyrrole nitrogens is 1. The molecule has 1 fully saturated rings. The number of carbonyl (C=O) groups is 1. The zero-order valence-electron chi connectivity index (χ0n) is 12.3. The normalized spacial score (nSPS) is 18.5. The predicted molar refractivity (Wildman–Crippen MR) is 82.6 cm³/mol. The molecule has 4 nitrogen and oxygen atoms in total. The highest BCUT2D eigenvalue weighted by atomic mass is 35.5. The minimum Gasteiger partial charge on any atom is -0.346 e. The third-order valence-electron chi connectivity index (χ3n) is 3.98. The molecule has 2 heterocycles. The second-order valence-corrected chi connectivity index (χ2v) is 6.08. The lowest BCUT2D eigenvalue weighted by atomic mass is 9.96. The molecule has 0 saturated carbocycles. The van der Waals surface area contributed by atoms with Crippen molar-refractivity contribution in [2.75, 3.05) is 13.1 Å². The van der Waals surface area contributed by atoms with E-state index < -0.39 is 5.82 Å². The van der Waals surface area contributed by atoms with Gasteiger partial charge >= 0.3 is 0 Å². The highest BCUT2D eigenvalue weighted by Crippen LogP contribution is 2.26. The van der Waals surface area contributed by atoms with Crippen LogP contribution in [0.2, 0.25) is 5.02 Å². The van der Waals surface area contributed by atoms with Crippen molar-refractivity contribution in [3.8, 4) is 0 Å². The van der Waals surface area contributed by atoms with Gasteiger partial charge in [0.05, 0.1) is 5.02 Å². The van der Waals surface area contributed by atoms with E-state index in [-0.39, 0.29) is 16.8 Å². The molecular formula is C16H17ClFN3O. The summed E-state index contributed by atoms with van der Waals surface area (Å²) < 4.78 is 13.2. The standard InChI is InChI=1S/C16H17ClFN3O/c1-10-8-19-15(20-10)12-3-2-6-21(9-12)16(22)11-4-5-14(18)13(17)7-11/h4-5,7-8,12H,2-3,6,9H2,1H3,(H,19,20). The Hall–Kier alpha value is -1.88. The van der Waals surface area contributed by atoms with Gasteiger partial charge in [0.15, 0.2) is 0 Å². The monoisotopic (exact) mass is 321 g/mol. The minimum atomic E-state index is -0.513. The summed E-state index contributed by atoms with van der Waals surface area (Å²) in [4.78, 5) is 22.0. The van der Waals surface area contributed by atoms with Crippen LogP contribution < -0.4 is 0 Å². The van der Waals surface area contributed by atoms with Gasteiger partial charge in [-0.2, -0.15) is 0 Å². The van der Waals surface area contributed by atoms with Gasteiger partial charge in [0.1, 0.15) is 11.6 Å². The average molecular weight is 322 g/mol. The first-order chi connectivity index (χ1) is 10.5. The summed E-state index contributed by atoms with van der Waals surface area (Å²) in [6.07, 6.45) is 3.72. The summed E-state index contributed by atoms with van der Waals surface area (Å²) >= 11 is 5.76. The molecule has 22 heavy (non-hydrogen) atoms. The van der Waals surface area contributed by atoms with Crippen molar-refractivity contribution in [2.45, 2.75) is 25.7 Å². The third-order valence-corrected chi connectivity index (χ3v) is 4.27. The molecule has 1 unspecified atom stereocenters. The number of likely N-dealkylation sites (tertiary alicyclic amines) is 1. The van der Waals surface area contributed by atoms with E-state index in [0.29, 0.717) is 18.7 Å². The molecule has 1 aromatic heterocycles. The van der Waals surface area contributed by atoms with Crippen LogP contribution >= 0.6 is 11.6 Å². The van der Waals surface area contributed by atoms with E-state index in [1.807, 2.05) is 6.92 Å². The van der Waals surface area contributed by atoms with Gasteiger partial charge < -0.3 is 9.88 Å². The Morgan fingerprint density at radius 2 is 2.32 bits per heavy atom. The molecule has 6 heteroatoms.